The summed E-state index contributed by atoms with van der Waals surface area (Å²) in [6.45, 7) is 3.85. The summed E-state index contributed by atoms with van der Waals surface area (Å²) in [5, 5.41) is 13.2. The van der Waals surface area contributed by atoms with Gasteiger partial charge < -0.3 is 9.94 Å². The molecule has 0 saturated carbocycles. The van der Waals surface area contributed by atoms with Crippen LogP contribution in [-0.4, -0.2) is 27.4 Å². The summed E-state index contributed by atoms with van der Waals surface area (Å²) in [4.78, 5) is 31.2. The summed E-state index contributed by atoms with van der Waals surface area (Å²) >= 11 is 0. The molecule has 0 bridgehead atoms. The highest BCUT2D eigenvalue weighted by atomic mass is 16.6. The molecule has 16 heavy (non-hydrogen) atoms. The van der Waals surface area contributed by atoms with E-state index in [4.69, 9.17) is 4.84 Å². The van der Waals surface area contributed by atoms with Gasteiger partial charge >= 0.3 is 5.69 Å². The van der Waals surface area contributed by atoms with Crippen molar-refractivity contribution >= 4 is 5.71 Å². The van der Waals surface area contributed by atoms with Gasteiger partial charge in [-0.1, -0.05) is 12.1 Å². The fourth-order valence-corrected chi connectivity index (χ4v) is 1.17. The zero-order valence-electron chi connectivity index (χ0n) is 9.03. The first kappa shape index (κ1) is 12.0. The van der Waals surface area contributed by atoms with Crippen LogP contribution in [0.5, 0.6) is 5.88 Å². The minimum absolute atomic E-state index is 0.0736. The maximum Gasteiger partial charge on any atom is 0.328 e. The average Bonchev–Trinajstić information content (AvgIpc) is 2.21. The molecule has 0 aliphatic rings. The van der Waals surface area contributed by atoms with E-state index in [1.165, 1.54) is 0 Å². The summed E-state index contributed by atoms with van der Waals surface area (Å²) in [6.07, 6.45) is 0.392. The molecule has 1 aromatic rings. The van der Waals surface area contributed by atoms with Crippen molar-refractivity contribution in [3.63, 3.8) is 0 Å². The number of oxime groups is 1. The van der Waals surface area contributed by atoms with Gasteiger partial charge in [-0.3, -0.25) is 14.8 Å². The number of nitrogens with one attached hydrogen (secondary N) is 2. The van der Waals surface area contributed by atoms with Crippen molar-refractivity contribution in [2.45, 2.75) is 20.3 Å². The Kier molecular flexibility index (Phi) is 3.87. The second-order valence-electron chi connectivity index (χ2n) is 2.94. The summed E-state index contributed by atoms with van der Waals surface area (Å²) in [5.41, 5.74) is -1.26. The molecule has 0 radical (unpaired) electrons. The van der Waals surface area contributed by atoms with Crippen molar-refractivity contribution in [3.8, 4) is 5.88 Å². The van der Waals surface area contributed by atoms with Gasteiger partial charge in [0.15, 0.2) is 0 Å². The third kappa shape index (κ3) is 2.50. The molecule has 7 heteroatoms. The summed E-state index contributed by atoms with van der Waals surface area (Å²) < 4.78 is 0. The Morgan fingerprint density at radius 3 is 2.56 bits per heavy atom. The molecule has 0 aliphatic heterocycles. The molecule has 0 aliphatic carbocycles. The molecular weight excluding hydrogens is 214 g/mol. The number of aromatic amines is 2. The molecule has 0 atom stereocenters. The van der Waals surface area contributed by atoms with E-state index in [1.807, 2.05) is 4.98 Å². The fourth-order valence-electron chi connectivity index (χ4n) is 1.17. The lowest BCUT2D eigenvalue weighted by Gasteiger charge is -2.04. The zero-order valence-corrected chi connectivity index (χ0v) is 9.03. The highest BCUT2D eigenvalue weighted by molar-refractivity contribution is 6.01. The average molecular weight is 227 g/mol. The molecule has 0 amide bonds. The first-order chi connectivity index (χ1) is 7.60. The second kappa shape index (κ2) is 5.15. The van der Waals surface area contributed by atoms with Crippen molar-refractivity contribution in [2.75, 3.05) is 6.61 Å². The molecule has 7 nitrogen and oxygen atoms in total. The van der Waals surface area contributed by atoms with Gasteiger partial charge in [-0.15, -0.1) is 0 Å². The Morgan fingerprint density at radius 2 is 2.06 bits per heavy atom. The summed E-state index contributed by atoms with van der Waals surface area (Å²) in [5.74, 6) is -0.506. The number of aromatic hydroxyl groups is 1. The van der Waals surface area contributed by atoms with Crippen LogP contribution < -0.4 is 11.2 Å². The van der Waals surface area contributed by atoms with E-state index in [1.54, 1.807) is 13.8 Å². The Labute approximate surface area is 90.8 Å². The Hall–Kier alpha value is -2.05. The van der Waals surface area contributed by atoms with E-state index < -0.39 is 17.1 Å². The van der Waals surface area contributed by atoms with E-state index >= 15 is 0 Å². The third-order valence-corrected chi connectivity index (χ3v) is 1.85. The van der Waals surface area contributed by atoms with Crippen LogP contribution in [0.1, 0.15) is 25.8 Å². The van der Waals surface area contributed by atoms with Gasteiger partial charge in [0, 0.05) is 0 Å². The Balaban J connectivity index is 3.31. The van der Waals surface area contributed by atoms with Crippen molar-refractivity contribution in [3.05, 3.63) is 26.4 Å². The number of nitrogens with zero attached hydrogens (tertiary/aromatic N) is 1. The van der Waals surface area contributed by atoms with E-state index in [2.05, 4.69) is 10.1 Å². The van der Waals surface area contributed by atoms with Crippen molar-refractivity contribution in [1.82, 2.24) is 9.97 Å². The normalized spacial score (nSPS) is 11.5. The molecule has 3 N–H and O–H groups in total. The Bertz CT molecular complexity index is 500. The maximum atomic E-state index is 11.5. The largest absolute Gasteiger partial charge is 0.494 e. The minimum Gasteiger partial charge on any atom is -0.494 e. The van der Waals surface area contributed by atoms with Gasteiger partial charge in [-0.2, -0.15) is 0 Å². The standard InChI is InChI=1S/C9H13N3O4/c1-3-5(12-16-4-2)6-7(13)10-9(15)11-8(6)14/h3-4H2,1-2H3,(H3,10,11,13,14,15)/b12-5-. The maximum absolute atomic E-state index is 11.5. The predicted molar refractivity (Wildman–Crippen MR) is 57.8 cm³/mol. The van der Waals surface area contributed by atoms with Crippen LogP contribution in [0.15, 0.2) is 14.7 Å². The van der Waals surface area contributed by atoms with Gasteiger partial charge in [0.05, 0.1) is 5.71 Å². The quantitative estimate of drug-likeness (QED) is 0.493. The molecule has 0 fully saturated rings. The van der Waals surface area contributed by atoms with E-state index in [-0.39, 0.29) is 11.3 Å². The van der Waals surface area contributed by atoms with Crippen LogP contribution in [0.25, 0.3) is 0 Å². The molecule has 1 aromatic heterocycles. The van der Waals surface area contributed by atoms with Gasteiger partial charge in [-0.25, -0.2) is 4.79 Å². The third-order valence-electron chi connectivity index (χ3n) is 1.85. The molecule has 1 heterocycles. The lowest BCUT2D eigenvalue weighted by Crippen LogP contribution is -2.27. The van der Waals surface area contributed by atoms with Crippen molar-refractivity contribution in [1.29, 1.82) is 0 Å². The zero-order chi connectivity index (χ0) is 12.1. The molecule has 0 spiro atoms. The number of hydrogen-bond acceptors (Lipinski definition) is 5. The van der Waals surface area contributed by atoms with Gasteiger partial charge in [0.25, 0.3) is 5.56 Å². The minimum atomic E-state index is -0.766. The van der Waals surface area contributed by atoms with Crippen molar-refractivity contribution in [2.24, 2.45) is 5.16 Å². The van der Waals surface area contributed by atoms with Crippen molar-refractivity contribution < 1.29 is 9.94 Å². The van der Waals surface area contributed by atoms with Crippen LogP contribution in [0.4, 0.5) is 0 Å². The van der Waals surface area contributed by atoms with Crippen LogP contribution in [0.2, 0.25) is 0 Å². The van der Waals surface area contributed by atoms with E-state index in [0.717, 1.165) is 0 Å². The summed E-state index contributed by atoms with van der Waals surface area (Å²) in [6, 6.07) is 0. The topological polar surface area (TPSA) is 108 Å². The first-order valence-electron chi connectivity index (χ1n) is 4.84. The van der Waals surface area contributed by atoms with E-state index in [9.17, 15) is 14.7 Å². The highest BCUT2D eigenvalue weighted by Crippen LogP contribution is 2.09. The number of hydrogen-bond donors (Lipinski definition) is 3. The predicted octanol–water partition coefficient (Wildman–Crippen LogP) is -0.0806. The smallest absolute Gasteiger partial charge is 0.328 e. The number of H-pyrrole nitrogens is 2. The van der Waals surface area contributed by atoms with Crippen LogP contribution in [0, 0.1) is 0 Å². The number of rotatable bonds is 4. The lowest BCUT2D eigenvalue weighted by molar-refractivity contribution is 0.158. The highest BCUT2D eigenvalue weighted by Gasteiger charge is 2.14. The molecular formula is C9H13N3O4. The Morgan fingerprint density at radius 1 is 1.38 bits per heavy atom. The molecule has 0 saturated heterocycles. The molecule has 0 aromatic carbocycles. The van der Waals surface area contributed by atoms with Crippen LogP contribution in [0.3, 0.4) is 0 Å². The van der Waals surface area contributed by atoms with E-state index in [0.29, 0.717) is 13.0 Å². The monoisotopic (exact) mass is 227 g/mol. The number of aromatic nitrogens is 2. The SMILES string of the molecule is CCO/N=C(/CC)c1c(O)[nH]c(=O)[nH]c1=O. The van der Waals surface area contributed by atoms with Gasteiger partial charge in [0.2, 0.25) is 5.88 Å². The lowest BCUT2D eigenvalue weighted by atomic mass is 10.1. The van der Waals surface area contributed by atoms with Gasteiger partial charge in [-0.05, 0) is 13.3 Å². The first-order valence-corrected chi connectivity index (χ1v) is 4.84. The molecule has 1 rings (SSSR count). The van der Waals surface area contributed by atoms with Gasteiger partial charge in [0.1, 0.15) is 12.2 Å². The fraction of sp³-hybridized carbons (Fsp3) is 0.444. The van der Waals surface area contributed by atoms with Crippen LogP contribution in [-0.2, 0) is 4.84 Å². The molecule has 88 valence electrons. The molecule has 0 unspecified atom stereocenters. The second-order valence-corrected chi connectivity index (χ2v) is 2.94. The van der Waals surface area contributed by atoms with Crippen LogP contribution >= 0.6 is 0 Å². The summed E-state index contributed by atoms with van der Waals surface area (Å²) in [7, 11) is 0.